The van der Waals surface area contributed by atoms with Crippen LogP contribution in [0.2, 0.25) is 0 Å². The van der Waals surface area contributed by atoms with Crippen LogP contribution in [0.3, 0.4) is 0 Å². The van der Waals surface area contributed by atoms with E-state index in [-0.39, 0.29) is 11.3 Å². The highest BCUT2D eigenvalue weighted by Crippen LogP contribution is 2.29. The minimum atomic E-state index is -0.523. The second kappa shape index (κ2) is 7.26. The smallest absolute Gasteiger partial charge is 0.266 e. The number of phenols is 1. The Morgan fingerprint density at radius 2 is 1.57 bits per heavy atom. The summed E-state index contributed by atoms with van der Waals surface area (Å²) in [5, 5.41) is 26.3. The number of fused-ring (bicyclic) bond motifs is 2. The quantitative estimate of drug-likeness (QED) is 0.385. The second-order valence-corrected chi connectivity index (χ2v) is 6.41. The van der Waals surface area contributed by atoms with Gasteiger partial charge in [0.2, 0.25) is 0 Å². The SMILES string of the molecule is N#CC(=Cc1c(O)ccc2ccccc12)C(=O)Nc1ccc2ccccc2c1. The number of benzene rings is 4. The third kappa shape index (κ3) is 3.29. The van der Waals surface area contributed by atoms with E-state index in [1.54, 1.807) is 18.2 Å². The fourth-order valence-electron chi connectivity index (χ4n) is 3.19. The van der Waals surface area contributed by atoms with E-state index in [9.17, 15) is 15.2 Å². The molecule has 0 heterocycles. The molecule has 0 aliphatic carbocycles. The molecule has 0 radical (unpaired) electrons. The van der Waals surface area contributed by atoms with E-state index in [2.05, 4.69) is 5.32 Å². The maximum absolute atomic E-state index is 12.6. The Hall–Kier alpha value is -4.10. The average Bonchev–Trinajstić information content (AvgIpc) is 2.73. The molecular weight excluding hydrogens is 348 g/mol. The molecule has 0 saturated heterocycles. The van der Waals surface area contributed by atoms with E-state index in [0.29, 0.717) is 11.3 Å². The minimum absolute atomic E-state index is 0.0185. The van der Waals surface area contributed by atoms with Gasteiger partial charge in [0.25, 0.3) is 5.91 Å². The van der Waals surface area contributed by atoms with Gasteiger partial charge in [0.05, 0.1) is 0 Å². The number of rotatable bonds is 3. The van der Waals surface area contributed by atoms with E-state index < -0.39 is 5.91 Å². The van der Waals surface area contributed by atoms with Gasteiger partial charge in [-0.05, 0) is 45.8 Å². The summed E-state index contributed by atoms with van der Waals surface area (Å²) in [5.74, 6) is -0.505. The highest BCUT2D eigenvalue weighted by atomic mass is 16.3. The van der Waals surface area contributed by atoms with Gasteiger partial charge in [0.1, 0.15) is 17.4 Å². The van der Waals surface area contributed by atoms with Crippen molar-refractivity contribution in [2.24, 2.45) is 0 Å². The van der Waals surface area contributed by atoms with Crippen molar-refractivity contribution in [1.29, 1.82) is 5.26 Å². The first-order valence-electron chi connectivity index (χ1n) is 8.78. The highest BCUT2D eigenvalue weighted by Gasteiger charge is 2.13. The largest absolute Gasteiger partial charge is 0.507 e. The molecule has 2 N–H and O–H groups in total. The molecule has 4 aromatic carbocycles. The summed E-state index contributed by atoms with van der Waals surface area (Å²) >= 11 is 0. The summed E-state index contributed by atoms with van der Waals surface area (Å²) in [5.41, 5.74) is 0.968. The van der Waals surface area contributed by atoms with Gasteiger partial charge >= 0.3 is 0 Å². The van der Waals surface area contributed by atoms with Gasteiger partial charge in [-0.2, -0.15) is 5.26 Å². The first-order chi connectivity index (χ1) is 13.7. The van der Waals surface area contributed by atoms with Crippen LogP contribution in [0.5, 0.6) is 5.75 Å². The number of carbonyl (C=O) groups is 1. The van der Waals surface area contributed by atoms with Gasteiger partial charge in [-0.15, -0.1) is 0 Å². The monoisotopic (exact) mass is 364 g/mol. The number of aromatic hydroxyl groups is 1. The van der Waals surface area contributed by atoms with E-state index in [0.717, 1.165) is 21.5 Å². The van der Waals surface area contributed by atoms with Crippen LogP contribution in [0, 0.1) is 11.3 Å². The number of hydrogen-bond donors (Lipinski definition) is 2. The van der Waals surface area contributed by atoms with Crippen LogP contribution >= 0.6 is 0 Å². The number of nitrogens with one attached hydrogen (secondary N) is 1. The summed E-state index contributed by atoms with van der Waals surface area (Å²) in [6, 6.07) is 26.2. The lowest BCUT2D eigenvalue weighted by molar-refractivity contribution is -0.112. The maximum atomic E-state index is 12.6. The van der Waals surface area contributed by atoms with Crippen LogP contribution < -0.4 is 5.32 Å². The van der Waals surface area contributed by atoms with E-state index >= 15 is 0 Å². The molecule has 0 aliphatic rings. The number of nitrogens with zero attached hydrogens (tertiary/aromatic N) is 1. The zero-order chi connectivity index (χ0) is 19.5. The molecule has 0 bridgehead atoms. The first kappa shape index (κ1) is 17.3. The van der Waals surface area contributed by atoms with Crippen LogP contribution in [0.25, 0.3) is 27.6 Å². The van der Waals surface area contributed by atoms with Crippen LogP contribution in [-0.4, -0.2) is 11.0 Å². The van der Waals surface area contributed by atoms with Crippen LogP contribution in [-0.2, 0) is 4.79 Å². The Morgan fingerprint density at radius 1 is 0.893 bits per heavy atom. The van der Waals surface area contributed by atoms with Gasteiger partial charge in [-0.1, -0.05) is 60.7 Å². The van der Waals surface area contributed by atoms with Crippen LogP contribution in [0.15, 0.2) is 84.4 Å². The van der Waals surface area contributed by atoms with Crippen LogP contribution in [0.1, 0.15) is 5.56 Å². The molecule has 28 heavy (non-hydrogen) atoms. The lowest BCUT2D eigenvalue weighted by Gasteiger charge is -2.08. The molecule has 0 aliphatic heterocycles. The van der Waals surface area contributed by atoms with Gasteiger partial charge in [0, 0.05) is 11.3 Å². The molecule has 0 spiro atoms. The molecule has 4 rings (SSSR count). The molecule has 0 aromatic heterocycles. The van der Waals surface area contributed by atoms with Crippen LogP contribution in [0.4, 0.5) is 5.69 Å². The molecule has 0 saturated carbocycles. The van der Waals surface area contributed by atoms with Crippen molar-refractivity contribution < 1.29 is 9.90 Å². The minimum Gasteiger partial charge on any atom is -0.507 e. The lowest BCUT2D eigenvalue weighted by Crippen LogP contribution is -2.13. The second-order valence-electron chi connectivity index (χ2n) is 6.41. The van der Waals surface area contributed by atoms with Crippen molar-refractivity contribution in [3.05, 3.63) is 90.0 Å². The highest BCUT2D eigenvalue weighted by molar-refractivity contribution is 6.11. The Labute approximate surface area is 162 Å². The molecule has 134 valence electrons. The van der Waals surface area contributed by atoms with E-state index in [1.165, 1.54) is 6.08 Å². The van der Waals surface area contributed by atoms with Gasteiger partial charge < -0.3 is 10.4 Å². The van der Waals surface area contributed by atoms with Crippen molar-refractivity contribution in [3.63, 3.8) is 0 Å². The molecule has 1 amide bonds. The third-order valence-electron chi connectivity index (χ3n) is 4.61. The Morgan fingerprint density at radius 3 is 2.36 bits per heavy atom. The fraction of sp³-hybridized carbons (Fsp3) is 0. The van der Waals surface area contributed by atoms with E-state index in [4.69, 9.17) is 0 Å². The van der Waals surface area contributed by atoms with Gasteiger partial charge in [0.15, 0.2) is 0 Å². The van der Waals surface area contributed by atoms with Crippen molar-refractivity contribution in [3.8, 4) is 11.8 Å². The molecule has 0 unspecified atom stereocenters. The summed E-state index contributed by atoms with van der Waals surface area (Å²) in [4.78, 5) is 12.6. The zero-order valence-electron chi connectivity index (χ0n) is 14.9. The maximum Gasteiger partial charge on any atom is 0.266 e. The summed E-state index contributed by atoms with van der Waals surface area (Å²) in [6.45, 7) is 0. The number of nitriles is 1. The average molecular weight is 364 g/mol. The number of amides is 1. The molecule has 4 heteroatoms. The predicted octanol–water partition coefficient (Wildman–Crippen LogP) is 5.24. The Balaban J connectivity index is 1.69. The number of carbonyl (C=O) groups excluding carboxylic acids is 1. The molecule has 0 fully saturated rings. The van der Waals surface area contributed by atoms with Crippen molar-refractivity contribution in [2.45, 2.75) is 0 Å². The van der Waals surface area contributed by atoms with Crippen molar-refractivity contribution in [1.82, 2.24) is 0 Å². The summed E-state index contributed by atoms with van der Waals surface area (Å²) < 4.78 is 0. The standard InChI is InChI=1S/C24H16N2O2/c25-15-19(14-22-21-8-4-3-6-17(21)10-12-23(22)27)24(28)26-20-11-9-16-5-1-2-7-18(16)13-20/h1-14,27H,(H,26,28). The summed E-state index contributed by atoms with van der Waals surface area (Å²) in [6.07, 6.45) is 1.42. The Bertz CT molecular complexity index is 1280. The third-order valence-corrected chi connectivity index (χ3v) is 4.61. The van der Waals surface area contributed by atoms with Crippen molar-refractivity contribution >= 4 is 39.2 Å². The van der Waals surface area contributed by atoms with Gasteiger partial charge in [-0.25, -0.2) is 0 Å². The first-order valence-corrected chi connectivity index (χ1v) is 8.78. The van der Waals surface area contributed by atoms with Crippen molar-refractivity contribution in [2.75, 3.05) is 5.32 Å². The Kier molecular flexibility index (Phi) is 4.49. The molecule has 4 aromatic rings. The lowest BCUT2D eigenvalue weighted by atomic mass is 10.0. The predicted molar refractivity (Wildman–Crippen MR) is 112 cm³/mol. The zero-order valence-corrected chi connectivity index (χ0v) is 14.9. The molecular formula is C24H16N2O2. The summed E-state index contributed by atoms with van der Waals surface area (Å²) in [7, 11) is 0. The molecule has 4 nitrogen and oxygen atoms in total. The number of phenolic OH excluding ortho intramolecular Hbond substituents is 1. The normalized spacial score (nSPS) is 11.3. The van der Waals surface area contributed by atoms with Gasteiger partial charge in [-0.3, -0.25) is 4.79 Å². The number of hydrogen-bond acceptors (Lipinski definition) is 3. The topological polar surface area (TPSA) is 73.1 Å². The fourth-order valence-corrected chi connectivity index (χ4v) is 3.19. The number of anilines is 1. The molecule has 0 atom stereocenters. The van der Waals surface area contributed by atoms with E-state index in [1.807, 2.05) is 66.7 Å².